The molecule has 0 aliphatic carbocycles. The van der Waals surface area contributed by atoms with Crippen LogP contribution in [-0.4, -0.2) is 13.2 Å². The Morgan fingerprint density at radius 3 is 2.60 bits per heavy atom. The molecule has 2 heteroatoms. The molecule has 0 saturated carbocycles. The smallest absolute Gasteiger partial charge is 0.118 e. The van der Waals surface area contributed by atoms with E-state index in [9.17, 15) is 0 Å². The van der Waals surface area contributed by atoms with Gasteiger partial charge in [0.25, 0.3) is 0 Å². The van der Waals surface area contributed by atoms with Gasteiger partial charge in [-0.25, -0.2) is 0 Å². The molecule has 1 saturated heterocycles. The first-order valence-electron chi connectivity index (χ1n) is 7.21. The average Bonchev–Trinajstić information content (AvgIpc) is 2.47. The van der Waals surface area contributed by atoms with Gasteiger partial charge in [-0.1, -0.05) is 30.4 Å². The normalized spacial score (nSPS) is 26.0. The van der Waals surface area contributed by atoms with Crippen molar-refractivity contribution in [3.63, 3.8) is 0 Å². The molecule has 0 aromatic heterocycles. The van der Waals surface area contributed by atoms with Gasteiger partial charge in [-0.2, -0.15) is 0 Å². The summed E-state index contributed by atoms with van der Waals surface area (Å²) in [5.41, 5.74) is 2.40. The molecule has 2 nitrogen and oxygen atoms in total. The molecule has 20 heavy (non-hydrogen) atoms. The van der Waals surface area contributed by atoms with Crippen LogP contribution in [0.4, 0.5) is 0 Å². The zero-order valence-corrected chi connectivity index (χ0v) is 12.5. The van der Waals surface area contributed by atoms with Crippen molar-refractivity contribution in [2.75, 3.05) is 7.11 Å². The Labute approximate surface area is 122 Å². The lowest BCUT2D eigenvalue weighted by atomic mass is 9.83. The first kappa shape index (κ1) is 14.9. The molecule has 1 fully saturated rings. The fourth-order valence-electron chi connectivity index (χ4n) is 2.86. The van der Waals surface area contributed by atoms with Crippen molar-refractivity contribution in [3.05, 3.63) is 54.6 Å². The molecule has 0 N–H and O–H groups in total. The van der Waals surface area contributed by atoms with E-state index in [-0.39, 0.29) is 12.2 Å². The summed E-state index contributed by atoms with van der Waals surface area (Å²) >= 11 is 0. The summed E-state index contributed by atoms with van der Waals surface area (Å²) in [6.45, 7) is 10.0. The second-order valence-electron chi connectivity index (χ2n) is 5.51. The van der Waals surface area contributed by atoms with Gasteiger partial charge in [0.2, 0.25) is 0 Å². The summed E-state index contributed by atoms with van der Waals surface area (Å²) in [6.07, 6.45) is 5.43. The van der Waals surface area contributed by atoms with Crippen LogP contribution in [0.3, 0.4) is 0 Å². The monoisotopic (exact) mass is 272 g/mol. The van der Waals surface area contributed by atoms with Gasteiger partial charge < -0.3 is 9.47 Å². The van der Waals surface area contributed by atoms with Gasteiger partial charge in [0.05, 0.1) is 19.3 Å². The van der Waals surface area contributed by atoms with E-state index in [0.717, 1.165) is 25.0 Å². The summed E-state index contributed by atoms with van der Waals surface area (Å²) in [5.74, 6) is 1.27. The maximum absolute atomic E-state index is 6.29. The highest BCUT2D eigenvalue weighted by atomic mass is 16.5. The number of hydrogen-bond acceptors (Lipinski definition) is 2. The molecule has 1 aromatic carbocycles. The third-order valence-electron chi connectivity index (χ3n) is 4.01. The van der Waals surface area contributed by atoms with E-state index in [1.54, 1.807) is 7.11 Å². The molecule has 0 amide bonds. The second-order valence-corrected chi connectivity index (χ2v) is 5.51. The van der Waals surface area contributed by atoms with Crippen molar-refractivity contribution in [2.45, 2.75) is 38.4 Å². The fourth-order valence-corrected chi connectivity index (χ4v) is 2.86. The zero-order chi connectivity index (χ0) is 14.5. The van der Waals surface area contributed by atoms with Crippen LogP contribution < -0.4 is 4.74 Å². The standard InChI is InChI=1S/C18H24O2/c1-5-6-16-11-12-17(13(2)3)18(20-16)14-7-9-15(19-4)10-8-14/h5,7-10,16-18H,1-2,6,11-12H2,3-4H3/t16-,17+,18+/m0/s1. The van der Waals surface area contributed by atoms with Crippen LogP contribution >= 0.6 is 0 Å². The molecule has 0 unspecified atom stereocenters. The van der Waals surface area contributed by atoms with Crippen LogP contribution in [0.5, 0.6) is 5.75 Å². The molecule has 1 aliphatic heterocycles. The SMILES string of the molecule is C=CC[C@H]1CC[C@H](C(=C)C)[C@@H](c2ccc(OC)cc2)O1. The van der Waals surface area contributed by atoms with Crippen molar-refractivity contribution in [1.82, 2.24) is 0 Å². The Morgan fingerprint density at radius 2 is 2.05 bits per heavy atom. The predicted octanol–water partition coefficient (Wildman–Crippen LogP) is 4.68. The van der Waals surface area contributed by atoms with Gasteiger partial charge >= 0.3 is 0 Å². The molecule has 1 aliphatic rings. The summed E-state index contributed by atoms with van der Waals surface area (Å²) in [7, 11) is 1.68. The Morgan fingerprint density at radius 1 is 1.35 bits per heavy atom. The average molecular weight is 272 g/mol. The third-order valence-corrected chi connectivity index (χ3v) is 4.01. The minimum Gasteiger partial charge on any atom is -0.497 e. The van der Waals surface area contributed by atoms with Crippen molar-refractivity contribution in [1.29, 1.82) is 0 Å². The Hall–Kier alpha value is -1.54. The Balaban J connectivity index is 2.21. The predicted molar refractivity (Wildman–Crippen MR) is 83.0 cm³/mol. The highest BCUT2D eigenvalue weighted by Gasteiger charge is 2.32. The van der Waals surface area contributed by atoms with Crippen LogP contribution in [0, 0.1) is 5.92 Å². The maximum atomic E-state index is 6.29. The van der Waals surface area contributed by atoms with Crippen LogP contribution in [-0.2, 0) is 4.74 Å². The molecule has 0 radical (unpaired) electrons. The van der Waals surface area contributed by atoms with E-state index in [4.69, 9.17) is 9.47 Å². The van der Waals surface area contributed by atoms with Crippen LogP contribution in [0.2, 0.25) is 0 Å². The molecule has 0 spiro atoms. The lowest BCUT2D eigenvalue weighted by Crippen LogP contribution is -2.29. The number of benzene rings is 1. The van der Waals surface area contributed by atoms with Crippen LogP contribution in [0.1, 0.15) is 37.9 Å². The maximum Gasteiger partial charge on any atom is 0.118 e. The highest BCUT2D eigenvalue weighted by molar-refractivity contribution is 5.30. The highest BCUT2D eigenvalue weighted by Crippen LogP contribution is 2.40. The van der Waals surface area contributed by atoms with Crippen molar-refractivity contribution >= 4 is 0 Å². The van der Waals surface area contributed by atoms with E-state index in [1.807, 2.05) is 18.2 Å². The van der Waals surface area contributed by atoms with E-state index in [1.165, 1.54) is 11.1 Å². The van der Waals surface area contributed by atoms with Crippen LogP contribution in [0.15, 0.2) is 49.1 Å². The van der Waals surface area contributed by atoms with E-state index in [0.29, 0.717) is 5.92 Å². The summed E-state index contributed by atoms with van der Waals surface area (Å²) in [5, 5.41) is 0. The molecule has 108 valence electrons. The fraction of sp³-hybridized carbons (Fsp3) is 0.444. The minimum atomic E-state index is 0.0945. The lowest BCUT2D eigenvalue weighted by molar-refractivity contribution is -0.0743. The molecular formula is C18H24O2. The van der Waals surface area contributed by atoms with Crippen molar-refractivity contribution in [2.24, 2.45) is 5.92 Å². The van der Waals surface area contributed by atoms with Crippen molar-refractivity contribution < 1.29 is 9.47 Å². The molecule has 1 heterocycles. The largest absolute Gasteiger partial charge is 0.497 e. The number of rotatable bonds is 5. The Kier molecular flexibility index (Phi) is 5.02. The second kappa shape index (κ2) is 6.76. The molecular weight excluding hydrogens is 248 g/mol. The minimum absolute atomic E-state index is 0.0945. The lowest BCUT2D eigenvalue weighted by Gasteiger charge is -2.37. The molecule has 3 atom stereocenters. The van der Waals surface area contributed by atoms with Crippen molar-refractivity contribution in [3.8, 4) is 5.75 Å². The molecule has 0 bridgehead atoms. The first-order chi connectivity index (χ1) is 9.65. The van der Waals surface area contributed by atoms with Gasteiger partial charge in [0, 0.05) is 5.92 Å². The third kappa shape index (κ3) is 3.31. The first-order valence-corrected chi connectivity index (χ1v) is 7.21. The number of hydrogen-bond donors (Lipinski definition) is 0. The van der Waals surface area contributed by atoms with Crippen LogP contribution in [0.25, 0.3) is 0 Å². The zero-order valence-electron chi connectivity index (χ0n) is 12.5. The van der Waals surface area contributed by atoms with Gasteiger partial charge in [-0.15, -0.1) is 6.58 Å². The van der Waals surface area contributed by atoms with E-state index in [2.05, 4.69) is 32.2 Å². The summed E-state index contributed by atoms with van der Waals surface area (Å²) < 4.78 is 11.5. The number of ether oxygens (including phenoxy) is 2. The van der Waals surface area contributed by atoms with Gasteiger partial charge in [0.1, 0.15) is 5.75 Å². The van der Waals surface area contributed by atoms with E-state index >= 15 is 0 Å². The van der Waals surface area contributed by atoms with E-state index < -0.39 is 0 Å². The van der Waals surface area contributed by atoms with Gasteiger partial charge in [-0.05, 0) is 43.9 Å². The topological polar surface area (TPSA) is 18.5 Å². The number of methoxy groups -OCH3 is 1. The molecule has 2 rings (SSSR count). The van der Waals surface area contributed by atoms with Gasteiger partial charge in [0.15, 0.2) is 0 Å². The Bertz CT molecular complexity index is 461. The summed E-state index contributed by atoms with van der Waals surface area (Å²) in [6, 6.07) is 8.17. The summed E-state index contributed by atoms with van der Waals surface area (Å²) in [4.78, 5) is 0. The van der Waals surface area contributed by atoms with Gasteiger partial charge in [-0.3, -0.25) is 0 Å². The molecule has 1 aromatic rings. The quantitative estimate of drug-likeness (QED) is 0.724.